The Morgan fingerprint density at radius 3 is 2.27 bits per heavy atom. The molecule has 0 spiro atoms. The molecule has 1 N–H and O–H groups in total. The maximum absolute atomic E-state index is 14.0. The highest BCUT2D eigenvalue weighted by molar-refractivity contribution is 7.89. The molecule has 0 unspecified atom stereocenters. The van der Waals surface area contributed by atoms with Gasteiger partial charge in [-0.15, -0.1) is 0 Å². The number of aromatic nitrogens is 1. The van der Waals surface area contributed by atoms with Crippen molar-refractivity contribution in [1.82, 2.24) is 9.29 Å². The van der Waals surface area contributed by atoms with Crippen LogP contribution < -0.4 is 34.0 Å². The number of hydrogen-bond acceptors (Lipinski definition) is 9. The molecule has 0 fully saturated rings. The first-order chi connectivity index (χ1) is 19.4. The van der Waals surface area contributed by atoms with Crippen molar-refractivity contribution in [2.24, 2.45) is 0 Å². The third-order valence-electron chi connectivity index (χ3n) is 6.72. The number of sulfonamides is 1. The summed E-state index contributed by atoms with van der Waals surface area (Å²) < 4.78 is 62.1. The average molecular weight is 567 g/mol. The van der Waals surface area contributed by atoms with Gasteiger partial charge in [-0.1, -0.05) is 6.07 Å². The summed E-state index contributed by atoms with van der Waals surface area (Å²) in [6.07, 6.45) is 0. The van der Waals surface area contributed by atoms with Crippen molar-refractivity contribution in [3.8, 4) is 34.5 Å². The highest BCUT2D eigenvalue weighted by Crippen LogP contribution is 2.36. The molecule has 0 radical (unpaired) electrons. The summed E-state index contributed by atoms with van der Waals surface area (Å²) in [6, 6.07) is 14.8. The molecular weight excluding hydrogens is 540 g/mol. The van der Waals surface area contributed by atoms with Crippen LogP contribution in [-0.2, 0) is 23.1 Å². The second-order valence-corrected chi connectivity index (χ2v) is 11.1. The van der Waals surface area contributed by atoms with Gasteiger partial charge in [-0.05, 0) is 42.0 Å². The van der Waals surface area contributed by atoms with Crippen molar-refractivity contribution in [1.29, 1.82) is 0 Å². The molecule has 3 aromatic carbocycles. The van der Waals surface area contributed by atoms with Gasteiger partial charge in [0.2, 0.25) is 16.8 Å². The number of H-pyrrole nitrogens is 1. The highest BCUT2D eigenvalue weighted by atomic mass is 32.2. The molecule has 208 valence electrons. The lowest BCUT2D eigenvalue weighted by Gasteiger charge is -2.24. The van der Waals surface area contributed by atoms with Gasteiger partial charge in [0.05, 0.1) is 24.6 Å². The fraction of sp³-hybridized carbons (Fsp3) is 0.250. The first-order valence-corrected chi connectivity index (χ1v) is 13.9. The summed E-state index contributed by atoms with van der Waals surface area (Å²) in [4.78, 5) is 16.0. The van der Waals surface area contributed by atoms with Crippen LogP contribution in [0.4, 0.5) is 0 Å². The van der Waals surface area contributed by atoms with E-state index < -0.39 is 15.6 Å². The van der Waals surface area contributed by atoms with Gasteiger partial charge in [-0.3, -0.25) is 4.79 Å². The zero-order valence-electron chi connectivity index (χ0n) is 21.8. The quantitative estimate of drug-likeness (QED) is 0.341. The van der Waals surface area contributed by atoms with Gasteiger partial charge in [0.15, 0.2) is 34.5 Å². The smallest absolute Gasteiger partial charge is 0.252 e. The van der Waals surface area contributed by atoms with Crippen molar-refractivity contribution in [2.75, 3.05) is 34.2 Å². The largest absolute Gasteiger partial charge is 0.493 e. The van der Waals surface area contributed by atoms with Crippen LogP contribution >= 0.6 is 0 Å². The van der Waals surface area contributed by atoms with Crippen LogP contribution in [0.5, 0.6) is 34.5 Å². The summed E-state index contributed by atoms with van der Waals surface area (Å²) in [5.74, 6) is 2.88. The topological polar surface area (TPSA) is 126 Å². The molecule has 2 aliphatic rings. The lowest BCUT2D eigenvalue weighted by Crippen LogP contribution is -2.32. The Labute approximate surface area is 229 Å². The van der Waals surface area contributed by atoms with E-state index in [2.05, 4.69) is 4.98 Å². The minimum absolute atomic E-state index is 0.0149. The number of fused-ring (bicyclic) bond motifs is 3. The highest BCUT2D eigenvalue weighted by Gasteiger charge is 2.29. The lowest BCUT2D eigenvalue weighted by atomic mass is 10.1. The molecule has 12 heteroatoms. The molecule has 1 aromatic heterocycles. The number of hydrogen-bond donors (Lipinski definition) is 1. The Bertz CT molecular complexity index is 1770. The zero-order chi connectivity index (χ0) is 27.9. The number of nitrogens with one attached hydrogen (secondary N) is 1. The summed E-state index contributed by atoms with van der Waals surface area (Å²) >= 11 is 0. The van der Waals surface area contributed by atoms with Crippen molar-refractivity contribution in [3.05, 3.63) is 76.1 Å². The summed E-state index contributed by atoms with van der Waals surface area (Å²) in [5, 5.41) is 0.659. The predicted octanol–water partition coefficient (Wildman–Crippen LogP) is 3.44. The molecule has 2 aliphatic heterocycles. The first kappa shape index (κ1) is 25.8. The number of pyridine rings is 1. The maximum Gasteiger partial charge on any atom is 0.252 e. The van der Waals surface area contributed by atoms with Gasteiger partial charge in [-0.2, -0.15) is 4.31 Å². The average Bonchev–Trinajstić information content (AvgIpc) is 3.44. The second-order valence-electron chi connectivity index (χ2n) is 9.18. The Kier molecular flexibility index (Phi) is 6.64. The second kappa shape index (κ2) is 10.3. The molecule has 6 rings (SSSR count). The Balaban J connectivity index is 1.41. The van der Waals surface area contributed by atoms with E-state index in [0.29, 0.717) is 64.2 Å². The van der Waals surface area contributed by atoms with Gasteiger partial charge in [0, 0.05) is 36.2 Å². The summed E-state index contributed by atoms with van der Waals surface area (Å²) in [6.45, 7) is 0.565. The van der Waals surface area contributed by atoms with Gasteiger partial charge in [0.1, 0.15) is 13.2 Å². The van der Waals surface area contributed by atoms with Crippen LogP contribution in [0.15, 0.2) is 64.3 Å². The third-order valence-corrected chi connectivity index (χ3v) is 8.51. The molecule has 4 aromatic rings. The van der Waals surface area contributed by atoms with E-state index in [9.17, 15) is 13.2 Å². The van der Waals surface area contributed by atoms with E-state index in [1.54, 1.807) is 42.5 Å². The van der Waals surface area contributed by atoms with E-state index in [1.165, 1.54) is 30.7 Å². The van der Waals surface area contributed by atoms with Crippen molar-refractivity contribution in [2.45, 2.75) is 18.0 Å². The number of nitrogens with zero attached hydrogens (tertiary/aromatic N) is 1. The number of ether oxygens (including phenoxy) is 6. The summed E-state index contributed by atoms with van der Waals surface area (Å²) in [7, 11) is -1.09. The van der Waals surface area contributed by atoms with E-state index >= 15 is 0 Å². The van der Waals surface area contributed by atoms with E-state index in [-0.39, 0.29) is 30.3 Å². The van der Waals surface area contributed by atoms with Gasteiger partial charge in [-0.25, -0.2) is 8.42 Å². The molecule has 0 atom stereocenters. The van der Waals surface area contributed by atoms with Crippen LogP contribution in [0.3, 0.4) is 0 Å². The molecule has 0 amide bonds. The van der Waals surface area contributed by atoms with E-state index in [1.807, 2.05) is 0 Å². The van der Waals surface area contributed by atoms with Gasteiger partial charge < -0.3 is 33.4 Å². The van der Waals surface area contributed by atoms with E-state index in [0.717, 1.165) is 0 Å². The molecule has 0 aliphatic carbocycles. The number of aromatic amines is 1. The van der Waals surface area contributed by atoms with Crippen molar-refractivity contribution >= 4 is 20.9 Å². The lowest BCUT2D eigenvalue weighted by molar-refractivity contribution is 0.171. The molecule has 0 saturated carbocycles. The molecule has 40 heavy (non-hydrogen) atoms. The molecule has 0 bridgehead atoms. The number of benzene rings is 3. The van der Waals surface area contributed by atoms with Gasteiger partial charge in [0.25, 0.3) is 5.56 Å². The molecule has 0 saturated heterocycles. The SMILES string of the molecule is COc1cc2cc(CN(Cc3ccc4c(c3)OCO4)S(=O)(=O)c3ccc4c(c3)OCCO4)c(=O)[nH]c2cc1OC. The van der Waals surface area contributed by atoms with E-state index in [4.69, 9.17) is 28.4 Å². The Hall–Kier alpha value is -4.42. The van der Waals surface area contributed by atoms with Crippen molar-refractivity contribution in [3.63, 3.8) is 0 Å². The molecular formula is C28H26N2O9S. The molecule has 11 nitrogen and oxygen atoms in total. The molecule has 3 heterocycles. The standard InChI is InChI=1S/C28H26N2O9S/c1-34-24-11-18-10-19(28(31)29-21(18)13-25(24)35-2)15-30(14-17-3-5-23-26(9-17)39-16-38-23)40(32,33)20-4-6-22-27(12-20)37-8-7-36-22/h3-6,9-13H,7-8,14-16H2,1-2H3,(H,29,31). The van der Waals surface area contributed by atoms with Crippen LogP contribution in [-0.4, -0.2) is 51.9 Å². The monoisotopic (exact) mass is 566 g/mol. The van der Waals surface area contributed by atoms with Crippen LogP contribution in [0.25, 0.3) is 10.9 Å². The predicted molar refractivity (Wildman–Crippen MR) is 144 cm³/mol. The first-order valence-electron chi connectivity index (χ1n) is 12.4. The Morgan fingerprint density at radius 1 is 0.800 bits per heavy atom. The maximum atomic E-state index is 14.0. The fourth-order valence-electron chi connectivity index (χ4n) is 4.69. The fourth-order valence-corrected chi connectivity index (χ4v) is 6.11. The number of methoxy groups -OCH3 is 2. The van der Waals surface area contributed by atoms with Crippen LogP contribution in [0, 0.1) is 0 Å². The normalized spacial score (nSPS) is 14.0. The minimum Gasteiger partial charge on any atom is -0.493 e. The zero-order valence-corrected chi connectivity index (χ0v) is 22.6. The number of rotatable bonds is 8. The van der Waals surface area contributed by atoms with Gasteiger partial charge >= 0.3 is 0 Å². The summed E-state index contributed by atoms with van der Waals surface area (Å²) in [5.41, 5.74) is 1.02. The minimum atomic E-state index is -4.11. The Morgan fingerprint density at radius 2 is 1.48 bits per heavy atom. The van der Waals surface area contributed by atoms with Crippen LogP contribution in [0.1, 0.15) is 11.1 Å². The van der Waals surface area contributed by atoms with Crippen LogP contribution in [0.2, 0.25) is 0 Å². The third kappa shape index (κ3) is 4.75. The van der Waals surface area contributed by atoms with Crippen molar-refractivity contribution < 1.29 is 36.8 Å².